The normalized spacial score (nSPS) is 20.7. The molecule has 0 spiro atoms. The lowest BCUT2D eigenvalue weighted by atomic mass is 10.1. The van der Waals surface area contributed by atoms with Gasteiger partial charge in [0.1, 0.15) is 5.60 Å². The van der Waals surface area contributed by atoms with Gasteiger partial charge in [0.05, 0.1) is 6.61 Å². The molecule has 1 fully saturated rings. The summed E-state index contributed by atoms with van der Waals surface area (Å²) in [5.74, 6) is 0. The van der Waals surface area contributed by atoms with Crippen LogP contribution in [0.4, 0.5) is 4.79 Å². The number of nitrogens with one attached hydrogen (secondary N) is 1. The first-order valence-electron chi connectivity index (χ1n) is 8.30. The van der Waals surface area contributed by atoms with Crippen LogP contribution in [-0.2, 0) is 29.1 Å². The van der Waals surface area contributed by atoms with E-state index in [0.717, 1.165) is 26.2 Å². The Kier molecular flexibility index (Phi) is 4.60. The Balaban J connectivity index is 1.58. The maximum absolute atomic E-state index is 12.2. The Morgan fingerprint density at radius 2 is 2.13 bits per heavy atom. The predicted molar refractivity (Wildman–Crippen MR) is 88.0 cm³/mol. The van der Waals surface area contributed by atoms with Crippen molar-refractivity contribution in [2.24, 2.45) is 0 Å². The molecule has 1 amide bonds. The van der Waals surface area contributed by atoms with Gasteiger partial charge in [-0.25, -0.2) is 4.79 Å². The highest BCUT2D eigenvalue weighted by atomic mass is 16.6. The minimum atomic E-state index is -0.454. The lowest BCUT2D eigenvalue weighted by Gasteiger charge is -2.24. The Bertz CT molecular complexity index is 574. The zero-order valence-electron chi connectivity index (χ0n) is 14.2. The van der Waals surface area contributed by atoms with Crippen molar-refractivity contribution < 1.29 is 14.3 Å². The van der Waals surface area contributed by atoms with Crippen molar-refractivity contribution in [3.8, 4) is 0 Å². The predicted octanol–water partition coefficient (Wildman–Crippen LogP) is 2.82. The Labute approximate surface area is 137 Å². The minimum Gasteiger partial charge on any atom is -0.444 e. The highest BCUT2D eigenvalue weighted by Crippen LogP contribution is 2.25. The molecule has 23 heavy (non-hydrogen) atoms. The van der Waals surface area contributed by atoms with Crippen LogP contribution in [0.3, 0.4) is 0 Å². The van der Waals surface area contributed by atoms with E-state index in [1.807, 2.05) is 20.8 Å². The monoisotopic (exact) mass is 318 g/mol. The number of nitrogens with zero attached hydrogens (tertiary/aromatic N) is 1. The van der Waals surface area contributed by atoms with Gasteiger partial charge in [0, 0.05) is 32.3 Å². The van der Waals surface area contributed by atoms with Crippen molar-refractivity contribution >= 4 is 6.09 Å². The first-order valence-corrected chi connectivity index (χ1v) is 8.30. The van der Waals surface area contributed by atoms with E-state index < -0.39 is 5.60 Å². The number of hydrogen-bond donors (Lipinski definition) is 1. The first kappa shape index (κ1) is 16.3. The van der Waals surface area contributed by atoms with Gasteiger partial charge in [0.2, 0.25) is 0 Å². The Hall–Kier alpha value is -1.59. The number of benzene rings is 1. The van der Waals surface area contributed by atoms with Crippen molar-refractivity contribution in [2.45, 2.75) is 58.5 Å². The molecular weight excluding hydrogens is 292 g/mol. The van der Waals surface area contributed by atoms with Crippen LogP contribution in [0.5, 0.6) is 0 Å². The fourth-order valence-corrected chi connectivity index (χ4v) is 2.97. The van der Waals surface area contributed by atoms with Crippen LogP contribution in [0, 0.1) is 0 Å². The van der Waals surface area contributed by atoms with Gasteiger partial charge in [-0.1, -0.05) is 18.2 Å². The molecule has 2 aliphatic heterocycles. The number of amides is 1. The van der Waals surface area contributed by atoms with Crippen LogP contribution in [0.1, 0.15) is 43.9 Å². The summed E-state index contributed by atoms with van der Waals surface area (Å²) in [6.07, 6.45) is 0.841. The highest BCUT2D eigenvalue weighted by molar-refractivity contribution is 5.69. The van der Waals surface area contributed by atoms with Gasteiger partial charge in [-0.2, -0.15) is 0 Å². The third kappa shape index (κ3) is 4.24. The number of fused-ring (bicyclic) bond motifs is 1. The summed E-state index contributed by atoms with van der Waals surface area (Å²) in [6.45, 7) is 9.44. The molecule has 5 heteroatoms. The second kappa shape index (κ2) is 6.49. The quantitative estimate of drug-likeness (QED) is 0.931. The molecule has 1 aromatic carbocycles. The van der Waals surface area contributed by atoms with E-state index in [2.05, 4.69) is 23.5 Å². The SMILES string of the molecule is CC(C)(C)OC(=O)N1Cc2ccc(CN[C@@H]3CCOC3)cc2C1. The molecule has 0 aliphatic carbocycles. The molecule has 1 saturated heterocycles. The summed E-state index contributed by atoms with van der Waals surface area (Å²) in [5, 5.41) is 3.52. The smallest absolute Gasteiger partial charge is 0.410 e. The summed E-state index contributed by atoms with van der Waals surface area (Å²) >= 11 is 0. The Morgan fingerprint density at radius 3 is 2.83 bits per heavy atom. The molecule has 1 atom stereocenters. The molecule has 1 aromatic rings. The molecule has 126 valence electrons. The number of rotatable bonds is 3. The van der Waals surface area contributed by atoms with Crippen LogP contribution in [0.15, 0.2) is 18.2 Å². The van der Waals surface area contributed by atoms with E-state index in [4.69, 9.17) is 9.47 Å². The van der Waals surface area contributed by atoms with E-state index in [-0.39, 0.29) is 6.09 Å². The molecule has 3 rings (SSSR count). The summed E-state index contributed by atoms with van der Waals surface area (Å²) in [5.41, 5.74) is 3.23. The van der Waals surface area contributed by atoms with Crippen LogP contribution in [-0.4, -0.2) is 35.8 Å². The van der Waals surface area contributed by atoms with E-state index in [9.17, 15) is 4.79 Å². The fraction of sp³-hybridized carbons (Fsp3) is 0.611. The second-order valence-corrected chi connectivity index (χ2v) is 7.38. The van der Waals surface area contributed by atoms with E-state index >= 15 is 0 Å². The van der Waals surface area contributed by atoms with Gasteiger partial charge in [-0.3, -0.25) is 4.90 Å². The molecular formula is C18H26N2O3. The largest absolute Gasteiger partial charge is 0.444 e. The van der Waals surface area contributed by atoms with Crippen LogP contribution in [0.25, 0.3) is 0 Å². The number of carbonyl (C=O) groups is 1. The number of carbonyl (C=O) groups excluding carboxylic acids is 1. The van der Waals surface area contributed by atoms with Gasteiger partial charge in [0.15, 0.2) is 0 Å². The van der Waals surface area contributed by atoms with Gasteiger partial charge >= 0.3 is 6.09 Å². The molecule has 0 unspecified atom stereocenters. The summed E-state index contributed by atoms with van der Waals surface area (Å²) < 4.78 is 10.8. The first-order chi connectivity index (χ1) is 10.9. The maximum Gasteiger partial charge on any atom is 0.410 e. The van der Waals surface area contributed by atoms with Crippen molar-refractivity contribution in [1.82, 2.24) is 10.2 Å². The number of ether oxygens (including phenoxy) is 2. The summed E-state index contributed by atoms with van der Waals surface area (Å²) in [4.78, 5) is 14.0. The standard InChI is InChI=1S/C18H26N2O3/c1-18(2,3)23-17(21)20-10-14-5-4-13(8-15(14)11-20)9-19-16-6-7-22-12-16/h4-5,8,16,19H,6-7,9-12H2,1-3H3/t16-/m1/s1. The Morgan fingerprint density at radius 1 is 1.35 bits per heavy atom. The molecule has 0 radical (unpaired) electrons. The molecule has 0 aromatic heterocycles. The lowest BCUT2D eigenvalue weighted by molar-refractivity contribution is 0.0242. The second-order valence-electron chi connectivity index (χ2n) is 7.38. The molecule has 0 bridgehead atoms. The minimum absolute atomic E-state index is 0.239. The van der Waals surface area contributed by atoms with Crippen LogP contribution < -0.4 is 5.32 Å². The van der Waals surface area contributed by atoms with Gasteiger partial charge < -0.3 is 14.8 Å². The average Bonchev–Trinajstić information content (AvgIpc) is 3.12. The van der Waals surface area contributed by atoms with Crippen molar-refractivity contribution in [2.75, 3.05) is 13.2 Å². The highest BCUT2D eigenvalue weighted by Gasteiger charge is 2.27. The van der Waals surface area contributed by atoms with Gasteiger partial charge in [-0.05, 0) is 43.9 Å². The van der Waals surface area contributed by atoms with E-state index in [1.165, 1.54) is 16.7 Å². The third-order valence-corrected chi connectivity index (χ3v) is 4.17. The third-order valence-electron chi connectivity index (χ3n) is 4.17. The lowest BCUT2D eigenvalue weighted by Crippen LogP contribution is -2.33. The van der Waals surface area contributed by atoms with Crippen molar-refractivity contribution in [3.05, 3.63) is 34.9 Å². The topological polar surface area (TPSA) is 50.8 Å². The van der Waals surface area contributed by atoms with Gasteiger partial charge in [-0.15, -0.1) is 0 Å². The van der Waals surface area contributed by atoms with Gasteiger partial charge in [0.25, 0.3) is 0 Å². The summed E-state index contributed by atoms with van der Waals surface area (Å²) in [6, 6.07) is 6.92. The zero-order chi connectivity index (χ0) is 16.4. The van der Waals surface area contributed by atoms with Crippen LogP contribution in [0.2, 0.25) is 0 Å². The average molecular weight is 318 g/mol. The molecule has 5 nitrogen and oxygen atoms in total. The zero-order valence-corrected chi connectivity index (χ0v) is 14.2. The fourth-order valence-electron chi connectivity index (χ4n) is 2.97. The molecule has 2 aliphatic rings. The molecule has 0 saturated carbocycles. The number of hydrogen-bond acceptors (Lipinski definition) is 4. The maximum atomic E-state index is 12.2. The van der Waals surface area contributed by atoms with Crippen molar-refractivity contribution in [3.63, 3.8) is 0 Å². The van der Waals surface area contributed by atoms with Crippen LogP contribution >= 0.6 is 0 Å². The van der Waals surface area contributed by atoms with Crippen molar-refractivity contribution in [1.29, 1.82) is 0 Å². The van der Waals surface area contributed by atoms with E-state index in [0.29, 0.717) is 19.1 Å². The molecule has 1 N–H and O–H groups in total. The summed E-state index contributed by atoms with van der Waals surface area (Å²) in [7, 11) is 0. The van der Waals surface area contributed by atoms with E-state index in [1.54, 1.807) is 4.90 Å². The molecule has 2 heterocycles.